The molecule has 0 bridgehead atoms. The van der Waals surface area contributed by atoms with Gasteiger partial charge in [0.1, 0.15) is 0 Å². The largest absolute Gasteiger partial charge is 0.348 e. The highest BCUT2D eigenvalue weighted by molar-refractivity contribution is 7.22. The Kier molecular flexibility index (Phi) is 3.97. The van der Waals surface area contributed by atoms with E-state index in [2.05, 4.69) is 23.1 Å². The maximum Gasteiger partial charge on any atom is 0.225 e. The first kappa shape index (κ1) is 14.9. The minimum Gasteiger partial charge on any atom is -0.348 e. The number of carbonyl (C=O) groups excluding carboxylic acids is 1. The molecule has 1 amide bonds. The lowest BCUT2D eigenvalue weighted by molar-refractivity contribution is -0.131. The summed E-state index contributed by atoms with van der Waals surface area (Å²) in [6, 6.07) is 8.34. The highest BCUT2D eigenvalue weighted by Gasteiger charge is 2.33. The number of benzene rings is 1. The summed E-state index contributed by atoms with van der Waals surface area (Å²) in [5.74, 6) is 1.33. The van der Waals surface area contributed by atoms with Crippen molar-refractivity contribution >= 4 is 32.6 Å². The number of amides is 1. The Balaban J connectivity index is 1.34. The van der Waals surface area contributed by atoms with Gasteiger partial charge in [0.2, 0.25) is 5.91 Å². The van der Waals surface area contributed by atoms with Gasteiger partial charge in [0.05, 0.1) is 10.2 Å². The van der Waals surface area contributed by atoms with Crippen molar-refractivity contribution < 1.29 is 4.79 Å². The standard InChI is InChI=1S/C18H23N3OS/c1-20(17(22)14-6-7-14)12-13-8-10-21(11-9-13)18-19-15-4-2-3-5-16(15)23-18/h2-5,13-14H,6-12H2,1H3. The molecule has 122 valence electrons. The zero-order chi connectivity index (χ0) is 15.8. The van der Waals surface area contributed by atoms with Gasteiger partial charge in [0, 0.05) is 32.6 Å². The molecule has 1 saturated heterocycles. The second kappa shape index (κ2) is 6.11. The molecule has 2 heterocycles. The number of hydrogen-bond acceptors (Lipinski definition) is 4. The summed E-state index contributed by atoms with van der Waals surface area (Å²) in [4.78, 5) is 21.2. The molecule has 1 saturated carbocycles. The quantitative estimate of drug-likeness (QED) is 0.863. The Morgan fingerprint density at radius 2 is 2.00 bits per heavy atom. The van der Waals surface area contributed by atoms with Crippen molar-refractivity contribution in [2.24, 2.45) is 11.8 Å². The molecule has 0 atom stereocenters. The fourth-order valence-electron chi connectivity index (χ4n) is 3.42. The van der Waals surface area contributed by atoms with E-state index in [1.165, 1.54) is 4.70 Å². The van der Waals surface area contributed by atoms with Crippen LogP contribution in [0.5, 0.6) is 0 Å². The SMILES string of the molecule is CN(CC1CCN(c2nc3ccccc3s2)CC1)C(=O)C1CC1. The van der Waals surface area contributed by atoms with Gasteiger partial charge >= 0.3 is 0 Å². The molecular weight excluding hydrogens is 306 g/mol. The number of anilines is 1. The first-order valence-electron chi connectivity index (χ1n) is 8.56. The summed E-state index contributed by atoms with van der Waals surface area (Å²) in [6.45, 7) is 3.02. The summed E-state index contributed by atoms with van der Waals surface area (Å²) < 4.78 is 1.26. The molecule has 2 fully saturated rings. The van der Waals surface area contributed by atoms with E-state index in [1.807, 2.05) is 18.0 Å². The Morgan fingerprint density at radius 1 is 1.26 bits per heavy atom. The number of thiazole rings is 1. The van der Waals surface area contributed by atoms with Crippen molar-refractivity contribution in [1.82, 2.24) is 9.88 Å². The molecule has 23 heavy (non-hydrogen) atoms. The molecule has 2 aromatic rings. The van der Waals surface area contributed by atoms with E-state index in [1.54, 1.807) is 11.3 Å². The average Bonchev–Trinajstić information content (AvgIpc) is 3.33. The molecule has 1 aliphatic heterocycles. The normalized spacial score (nSPS) is 19.3. The fourth-order valence-corrected chi connectivity index (χ4v) is 4.44. The molecule has 0 N–H and O–H groups in total. The molecule has 1 aromatic heterocycles. The molecule has 0 unspecified atom stereocenters. The van der Waals surface area contributed by atoms with Crippen molar-refractivity contribution in [3.8, 4) is 0 Å². The molecule has 4 rings (SSSR count). The van der Waals surface area contributed by atoms with Gasteiger partial charge < -0.3 is 9.80 Å². The van der Waals surface area contributed by atoms with E-state index in [0.717, 1.165) is 56.0 Å². The lowest BCUT2D eigenvalue weighted by Crippen LogP contribution is -2.39. The van der Waals surface area contributed by atoms with Crippen molar-refractivity contribution in [2.75, 3.05) is 31.6 Å². The van der Waals surface area contributed by atoms with Gasteiger partial charge in [-0.1, -0.05) is 23.5 Å². The van der Waals surface area contributed by atoms with Crippen LogP contribution in [0.25, 0.3) is 10.2 Å². The van der Waals surface area contributed by atoms with Crippen LogP contribution >= 0.6 is 11.3 Å². The van der Waals surface area contributed by atoms with E-state index in [0.29, 0.717) is 17.7 Å². The summed E-state index contributed by atoms with van der Waals surface area (Å²) in [7, 11) is 1.97. The molecule has 0 radical (unpaired) electrons. The lowest BCUT2D eigenvalue weighted by atomic mass is 9.96. The topological polar surface area (TPSA) is 36.4 Å². The van der Waals surface area contributed by atoms with Gasteiger partial charge in [0.25, 0.3) is 0 Å². The zero-order valence-electron chi connectivity index (χ0n) is 13.6. The van der Waals surface area contributed by atoms with Crippen LogP contribution in [0, 0.1) is 11.8 Å². The minimum absolute atomic E-state index is 0.336. The Morgan fingerprint density at radius 3 is 2.70 bits per heavy atom. The third-order valence-electron chi connectivity index (χ3n) is 5.00. The maximum atomic E-state index is 12.1. The van der Waals surface area contributed by atoms with Gasteiger partial charge in [-0.15, -0.1) is 0 Å². The maximum absolute atomic E-state index is 12.1. The number of fused-ring (bicyclic) bond motifs is 1. The van der Waals surface area contributed by atoms with Gasteiger partial charge in [-0.05, 0) is 43.7 Å². The summed E-state index contributed by atoms with van der Waals surface area (Å²) >= 11 is 1.79. The minimum atomic E-state index is 0.336. The van der Waals surface area contributed by atoms with Crippen molar-refractivity contribution in [3.63, 3.8) is 0 Å². The number of rotatable bonds is 4. The van der Waals surface area contributed by atoms with Gasteiger partial charge in [-0.2, -0.15) is 0 Å². The summed E-state index contributed by atoms with van der Waals surface area (Å²) in [5, 5.41) is 1.15. The molecular formula is C18H23N3OS. The van der Waals surface area contributed by atoms with Crippen LogP contribution in [0.1, 0.15) is 25.7 Å². The molecule has 0 spiro atoms. The Hall–Kier alpha value is -1.62. The Bertz CT molecular complexity index is 668. The van der Waals surface area contributed by atoms with Crippen LogP contribution in [-0.4, -0.2) is 42.5 Å². The number of piperidine rings is 1. The van der Waals surface area contributed by atoms with Crippen LogP contribution in [-0.2, 0) is 4.79 Å². The predicted molar refractivity (Wildman–Crippen MR) is 94.9 cm³/mol. The zero-order valence-corrected chi connectivity index (χ0v) is 14.4. The molecule has 1 aromatic carbocycles. The van der Waals surface area contributed by atoms with Crippen molar-refractivity contribution in [3.05, 3.63) is 24.3 Å². The second-order valence-electron chi connectivity index (χ2n) is 6.89. The van der Waals surface area contributed by atoms with Crippen LogP contribution in [0.15, 0.2) is 24.3 Å². The van der Waals surface area contributed by atoms with Crippen LogP contribution in [0.4, 0.5) is 5.13 Å². The summed E-state index contributed by atoms with van der Waals surface area (Å²) in [6.07, 6.45) is 4.49. The van der Waals surface area contributed by atoms with E-state index >= 15 is 0 Å². The van der Waals surface area contributed by atoms with Crippen molar-refractivity contribution in [2.45, 2.75) is 25.7 Å². The van der Waals surface area contributed by atoms with E-state index < -0.39 is 0 Å². The highest BCUT2D eigenvalue weighted by Crippen LogP contribution is 2.33. The number of nitrogens with zero attached hydrogens (tertiary/aromatic N) is 3. The van der Waals surface area contributed by atoms with Gasteiger partial charge in [-0.25, -0.2) is 4.98 Å². The molecule has 2 aliphatic rings. The second-order valence-corrected chi connectivity index (χ2v) is 7.90. The smallest absolute Gasteiger partial charge is 0.225 e. The Labute approximate surface area is 141 Å². The fraction of sp³-hybridized carbons (Fsp3) is 0.556. The van der Waals surface area contributed by atoms with Gasteiger partial charge in [-0.3, -0.25) is 4.79 Å². The van der Waals surface area contributed by atoms with E-state index in [4.69, 9.17) is 4.98 Å². The lowest BCUT2D eigenvalue weighted by Gasteiger charge is -2.33. The van der Waals surface area contributed by atoms with Crippen LogP contribution in [0.3, 0.4) is 0 Å². The number of carbonyl (C=O) groups is 1. The monoisotopic (exact) mass is 329 g/mol. The van der Waals surface area contributed by atoms with E-state index in [9.17, 15) is 4.79 Å². The average molecular weight is 329 g/mol. The number of para-hydroxylation sites is 1. The summed E-state index contributed by atoms with van der Waals surface area (Å²) in [5.41, 5.74) is 1.10. The number of aromatic nitrogens is 1. The third-order valence-corrected chi connectivity index (χ3v) is 6.10. The van der Waals surface area contributed by atoms with Gasteiger partial charge in [0.15, 0.2) is 5.13 Å². The molecule has 5 heteroatoms. The van der Waals surface area contributed by atoms with E-state index in [-0.39, 0.29) is 0 Å². The predicted octanol–water partition coefficient (Wildman–Crippen LogP) is 3.38. The first-order chi connectivity index (χ1) is 11.2. The molecule has 1 aliphatic carbocycles. The van der Waals surface area contributed by atoms with Crippen molar-refractivity contribution in [1.29, 1.82) is 0 Å². The molecule has 4 nitrogen and oxygen atoms in total. The van der Waals surface area contributed by atoms with Crippen LogP contribution in [0.2, 0.25) is 0 Å². The number of hydrogen-bond donors (Lipinski definition) is 0. The third kappa shape index (κ3) is 3.20. The highest BCUT2D eigenvalue weighted by atomic mass is 32.1. The first-order valence-corrected chi connectivity index (χ1v) is 9.38. The van der Waals surface area contributed by atoms with Crippen LogP contribution < -0.4 is 4.90 Å².